The second-order valence-electron chi connectivity index (χ2n) is 5.75. The molecule has 4 nitrogen and oxygen atoms in total. The third-order valence-corrected chi connectivity index (χ3v) is 3.95. The van der Waals surface area contributed by atoms with Gasteiger partial charge in [-0.25, -0.2) is 4.68 Å². The lowest BCUT2D eigenvalue weighted by molar-refractivity contribution is 0.0971. The van der Waals surface area contributed by atoms with Gasteiger partial charge in [0.15, 0.2) is 5.78 Å². The van der Waals surface area contributed by atoms with Crippen molar-refractivity contribution in [1.82, 2.24) is 9.78 Å². The van der Waals surface area contributed by atoms with Gasteiger partial charge in [-0.2, -0.15) is 5.10 Å². The molecule has 0 N–H and O–H groups in total. The number of carbonyl (C=O) groups excluding carboxylic acids is 1. The molecule has 0 bridgehead atoms. The molecule has 0 aliphatic heterocycles. The van der Waals surface area contributed by atoms with Gasteiger partial charge in [-0.05, 0) is 30.9 Å². The molecule has 0 saturated carbocycles. The zero-order valence-electron chi connectivity index (χ0n) is 12.7. The van der Waals surface area contributed by atoms with Gasteiger partial charge >= 0.3 is 0 Å². The molecule has 110 valence electrons. The van der Waals surface area contributed by atoms with Crippen LogP contribution in [0.1, 0.15) is 54.4 Å². The van der Waals surface area contributed by atoms with Crippen LogP contribution in [-0.2, 0) is 6.42 Å². The van der Waals surface area contributed by atoms with Crippen LogP contribution in [0.2, 0.25) is 0 Å². The fraction of sp³-hybridized carbons (Fsp3) is 0.412. The van der Waals surface area contributed by atoms with Crippen LogP contribution in [0.25, 0.3) is 5.69 Å². The minimum atomic E-state index is 0.231. The number of ether oxygens (including phenoxy) is 1. The number of hydrogen-bond donors (Lipinski definition) is 0. The van der Waals surface area contributed by atoms with Crippen molar-refractivity contribution < 1.29 is 9.53 Å². The van der Waals surface area contributed by atoms with Crippen LogP contribution < -0.4 is 4.74 Å². The minimum Gasteiger partial charge on any atom is -0.497 e. The first kappa shape index (κ1) is 13.9. The van der Waals surface area contributed by atoms with Gasteiger partial charge in [-0.1, -0.05) is 19.9 Å². The minimum absolute atomic E-state index is 0.231. The monoisotopic (exact) mass is 284 g/mol. The molecular formula is C17H20N2O2. The molecule has 0 spiro atoms. The van der Waals surface area contributed by atoms with E-state index in [4.69, 9.17) is 9.84 Å². The Labute approximate surface area is 124 Å². The first-order valence-electron chi connectivity index (χ1n) is 7.41. The number of fused-ring (bicyclic) bond motifs is 1. The molecule has 21 heavy (non-hydrogen) atoms. The summed E-state index contributed by atoms with van der Waals surface area (Å²) >= 11 is 0. The summed E-state index contributed by atoms with van der Waals surface area (Å²) in [6.07, 6.45) is 2.44. The molecule has 0 saturated heterocycles. The van der Waals surface area contributed by atoms with Crippen LogP contribution in [0.4, 0.5) is 0 Å². The van der Waals surface area contributed by atoms with Crippen molar-refractivity contribution in [2.24, 2.45) is 0 Å². The van der Waals surface area contributed by atoms with Crippen LogP contribution in [0.15, 0.2) is 24.3 Å². The summed E-state index contributed by atoms with van der Waals surface area (Å²) in [5.41, 5.74) is 3.76. The van der Waals surface area contributed by atoms with Crippen LogP contribution in [-0.4, -0.2) is 22.7 Å². The first-order valence-corrected chi connectivity index (χ1v) is 7.41. The van der Waals surface area contributed by atoms with Crippen molar-refractivity contribution in [2.45, 2.75) is 39.0 Å². The lowest BCUT2D eigenvalue weighted by Crippen LogP contribution is -2.13. The Balaban J connectivity index is 2.19. The Bertz CT molecular complexity index is 686. The molecule has 1 heterocycles. The van der Waals surface area contributed by atoms with Gasteiger partial charge in [0.1, 0.15) is 5.75 Å². The van der Waals surface area contributed by atoms with Crippen molar-refractivity contribution in [1.29, 1.82) is 0 Å². The average molecular weight is 284 g/mol. The van der Waals surface area contributed by atoms with E-state index in [2.05, 4.69) is 13.8 Å². The Kier molecular flexibility index (Phi) is 3.53. The third kappa shape index (κ3) is 2.35. The number of rotatable bonds is 3. The lowest BCUT2D eigenvalue weighted by Gasteiger charge is -2.14. The van der Waals surface area contributed by atoms with Crippen molar-refractivity contribution in [3.8, 4) is 11.4 Å². The molecule has 4 heteroatoms. The number of hydrogen-bond acceptors (Lipinski definition) is 3. The van der Waals surface area contributed by atoms with Crippen molar-refractivity contribution in [3.63, 3.8) is 0 Å². The summed E-state index contributed by atoms with van der Waals surface area (Å²) < 4.78 is 7.21. The summed E-state index contributed by atoms with van der Waals surface area (Å²) in [4.78, 5) is 12.3. The molecule has 1 aromatic carbocycles. The smallest absolute Gasteiger partial charge is 0.166 e. The number of ketones is 1. The standard InChI is InChI=1S/C17H20N2O2/c1-11(2)17-16-14(8-5-9-15(16)20)19(18-17)12-6-4-7-13(10-12)21-3/h4,6-7,10-11H,5,8-9H2,1-3H3. The van der Waals surface area contributed by atoms with E-state index in [1.165, 1.54) is 0 Å². The molecular weight excluding hydrogens is 264 g/mol. The highest BCUT2D eigenvalue weighted by Crippen LogP contribution is 2.31. The fourth-order valence-electron chi connectivity index (χ4n) is 2.91. The van der Waals surface area contributed by atoms with Crippen molar-refractivity contribution in [2.75, 3.05) is 7.11 Å². The van der Waals surface area contributed by atoms with E-state index in [1.54, 1.807) is 7.11 Å². The van der Waals surface area contributed by atoms with Crippen LogP contribution in [0, 0.1) is 0 Å². The maximum atomic E-state index is 12.3. The Morgan fingerprint density at radius 1 is 1.29 bits per heavy atom. The number of benzene rings is 1. The first-order chi connectivity index (χ1) is 10.1. The highest BCUT2D eigenvalue weighted by molar-refractivity contribution is 5.99. The number of aromatic nitrogens is 2. The Morgan fingerprint density at radius 2 is 2.10 bits per heavy atom. The van der Waals surface area contributed by atoms with Crippen molar-refractivity contribution in [3.05, 3.63) is 41.2 Å². The van der Waals surface area contributed by atoms with Gasteiger partial charge in [-0.3, -0.25) is 4.79 Å². The zero-order valence-corrected chi connectivity index (χ0v) is 12.7. The zero-order chi connectivity index (χ0) is 15.0. The molecule has 1 aromatic heterocycles. The summed E-state index contributed by atoms with van der Waals surface area (Å²) in [5, 5.41) is 4.73. The van der Waals surface area contributed by atoms with E-state index < -0.39 is 0 Å². The molecule has 0 atom stereocenters. The van der Waals surface area contributed by atoms with Gasteiger partial charge in [-0.15, -0.1) is 0 Å². The number of nitrogens with zero attached hydrogens (tertiary/aromatic N) is 2. The number of methoxy groups -OCH3 is 1. The van der Waals surface area contributed by atoms with Gasteiger partial charge in [0.25, 0.3) is 0 Å². The van der Waals surface area contributed by atoms with Gasteiger partial charge in [0.2, 0.25) is 0 Å². The molecule has 2 aromatic rings. The maximum absolute atomic E-state index is 12.3. The third-order valence-electron chi connectivity index (χ3n) is 3.95. The highest BCUT2D eigenvalue weighted by atomic mass is 16.5. The van der Waals surface area contributed by atoms with E-state index in [0.29, 0.717) is 6.42 Å². The van der Waals surface area contributed by atoms with Crippen molar-refractivity contribution >= 4 is 5.78 Å². The molecule has 0 fully saturated rings. The highest BCUT2D eigenvalue weighted by Gasteiger charge is 2.28. The van der Waals surface area contributed by atoms with E-state index in [-0.39, 0.29) is 11.7 Å². The Morgan fingerprint density at radius 3 is 2.81 bits per heavy atom. The second kappa shape index (κ2) is 5.35. The van der Waals surface area contributed by atoms with Crippen LogP contribution in [0.5, 0.6) is 5.75 Å². The van der Waals surface area contributed by atoms with Gasteiger partial charge in [0.05, 0.1) is 29.7 Å². The van der Waals surface area contributed by atoms with E-state index in [9.17, 15) is 4.79 Å². The number of carbonyl (C=O) groups is 1. The average Bonchev–Trinajstić information content (AvgIpc) is 2.88. The molecule has 0 radical (unpaired) electrons. The topological polar surface area (TPSA) is 44.1 Å². The quantitative estimate of drug-likeness (QED) is 0.866. The summed E-state index contributed by atoms with van der Waals surface area (Å²) in [5.74, 6) is 1.27. The molecule has 1 aliphatic rings. The summed E-state index contributed by atoms with van der Waals surface area (Å²) in [6.45, 7) is 4.17. The molecule has 0 amide bonds. The Hall–Kier alpha value is -2.10. The normalized spacial score (nSPS) is 14.4. The molecule has 3 rings (SSSR count). The maximum Gasteiger partial charge on any atom is 0.166 e. The predicted molar refractivity (Wildman–Crippen MR) is 81.5 cm³/mol. The number of Topliss-reactive ketones (excluding diaryl/α,β-unsaturated/α-hetero) is 1. The molecule has 1 aliphatic carbocycles. The summed E-state index contributed by atoms with van der Waals surface area (Å²) in [7, 11) is 1.65. The fourth-order valence-corrected chi connectivity index (χ4v) is 2.91. The lowest BCUT2D eigenvalue weighted by atomic mass is 9.91. The van der Waals surface area contributed by atoms with E-state index in [1.807, 2.05) is 28.9 Å². The second-order valence-corrected chi connectivity index (χ2v) is 5.75. The summed E-state index contributed by atoms with van der Waals surface area (Å²) in [6, 6.07) is 7.81. The van der Waals surface area contributed by atoms with E-state index in [0.717, 1.165) is 41.2 Å². The SMILES string of the molecule is COc1cccc(-n2nc(C(C)C)c3c2CCCC3=O)c1. The predicted octanol–water partition coefficient (Wildman–Crippen LogP) is 3.52. The van der Waals surface area contributed by atoms with Gasteiger partial charge in [0, 0.05) is 12.5 Å². The van der Waals surface area contributed by atoms with Crippen LogP contribution in [0.3, 0.4) is 0 Å². The molecule has 0 unspecified atom stereocenters. The van der Waals surface area contributed by atoms with Crippen LogP contribution >= 0.6 is 0 Å². The van der Waals surface area contributed by atoms with Gasteiger partial charge < -0.3 is 4.74 Å². The largest absolute Gasteiger partial charge is 0.497 e. The van der Waals surface area contributed by atoms with E-state index >= 15 is 0 Å².